The number of carbonyl (C=O) groups excluding carboxylic acids is 1. The molecule has 0 saturated carbocycles. The third-order valence-electron chi connectivity index (χ3n) is 2.32. The summed E-state index contributed by atoms with van der Waals surface area (Å²) in [6.07, 6.45) is 0.889. The van der Waals surface area contributed by atoms with Crippen molar-refractivity contribution in [2.24, 2.45) is 0 Å². The van der Waals surface area contributed by atoms with Crippen LogP contribution in [-0.2, 0) is 6.42 Å². The fraction of sp³-hybridized carbons (Fsp3) is 0.0769. The van der Waals surface area contributed by atoms with Gasteiger partial charge in [-0.2, -0.15) is 0 Å². The van der Waals surface area contributed by atoms with Crippen molar-refractivity contribution in [1.82, 2.24) is 4.98 Å². The van der Waals surface area contributed by atoms with Crippen LogP contribution in [0.3, 0.4) is 0 Å². The zero-order valence-corrected chi connectivity index (χ0v) is 8.86. The number of rotatable bonds is 3. The van der Waals surface area contributed by atoms with Crippen molar-refractivity contribution in [3.05, 3.63) is 65.5 Å². The Morgan fingerprint density at radius 2 is 1.88 bits per heavy atom. The van der Waals surface area contributed by atoms with E-state index in [0.717, 1.165) is 12.3 Å². The summed E-state index contributed by atoms with van der Waals surface area (Å²) >= 11 is 0. The maximum Gasteiger partial charge on any atom is 0.185 e. The molecule has 2 aromatic rings. The van der Waals surface area contributed by atoms with E-state index in [1.807, 2.05) is 0 Å². The van der Waals surface area contributed by atoms with E-state index in [0.29, 0.717) is 5.56 Å². The normalized spacial score (nSPS) is 10.2. The average molecular weight is 233 g/mol. The molecule has 17 heavy (non-hydrogen) atoms. The lowest BCUT2D eigenvalue weighted by Gasteiger charge is -2.02. The summed E-state index contributed by atoms with van der Waals surface area (Å²) in [5.74, 6) is -1.27. The van der Waals surface area contributed by atoms with Gasteiger partial charge in [-0.15, -0.1) is 0 Å². The van der Waals surface area contributed by atoms with E-state index >= 15 is 0 Å². The van der Waals surface area contributed by atoms with Gasteiger partial charge in [0, 0.05) is 6.42 Å². The molecule has 2 rings (SSSR count). The largest absolute Gasteiger partial charge is 0.292 e. The lowest BCUT2D eigenvalue weighted by molar-refractivity contribution is 0.0987. The van der Waals surface area contributed by atoms with Crippen molar-refractivity contribution < 1.29 is 13.6 Å². The molecule has 0 bridgehead atoms. The van der Waals surface area contributed by atoms with Crippen molar-refractivity contribution >= 4 is 5.78 Å². The van der Waals surface area contributed by atoms with Crippen LogP contribution >= 0.6 is 0 Å². The summed E-state index contributed by atoms with van der Waals surface area (Å²) in [5.41, 5.74) is 0.443. The van der Waals surface area contributed by atoms with Crippen molar-refractivity contribution in [3.8, 4) is 0 Å². The lowest BCUT2D eigenvalue weighted by Crippen LogP contribution is -2.07. The van der Waals surface area contributed by atoms with Crippen molar-refractivity contribution in [2.45, 2.75) is 6.42 Å². The maximum absolute atomic E-state index is 13.3. The molecule has 0 aliphatic carbocycles. The number of carbonyl (C=O) groups is 1. The third kappa shape index (κ3) is 2.72. The molecule has 1 heterocycles. The van der Waals surface area contributed by atoms with Gasteiger partial charge in [0.15, 0.2) is 5.78 Å². The molecule has 86 valence electrons. The van der Waals surface area contributed by atoms with Crippen LogP contribution in [0.15, 0.2) is 42.6 Å². The molecular formula is C13H9F2NO. The van der Waals surface area contributed by atoms with Gasteiger partial charge in [0.1, 0.15) is 17.3 Å². The molecule has 1 aromatic carbocycles. The zero-order chi connectivity index (χ0) is 12.3. The molecule has 0 aliphatic heterocycles. The molecule has 0 saturated heterocycles. The van der Waals surface area contributed by atoms with Gasteiger partial charge in [0.25, 0.3) is 0 Å². The number of pyridine rings is 1. The molecule has 0 radical (unpaired) electrons. The van der Waals surface area contributed by atoms with E-state index in [1.165, 1.54) is 18.2 Å². The number of halogens is 2. The number of ketones is 1. The Hall–Kier alpha value is -2.10. The SMILES string of the molecule is O=C(Cc1ccccc1F)c1ccc(F)cn1. The van der Waals surface area contributed by atoms with Gasteiger partial charge in [-0.1, -0.05) is 18.2 Å². The van der Waals surface area contributed by atoms with E-state index < -0.39 is 11.6 Å². The van der Waals surface area contributed by atoms with Gasteiger partial charge in [0.2, 0.25) is 0 Å². The standard InChI is InChI=1S/C13H9F2NO/c14-10-5-6-12(16-8-10)13(17)7-9-3-1-2-4-11(9)15/h1-6,8H,7H2. The minimum absolute atomic E-state index is 0.0781. The topological polar surface area (TPSA) is 30.0 Å². The van der Waals surface area contributed by atoms with Gasteiger partial charge in [-0.3, -0.25) is 9.78 Å². The quantitative estimate of drug-likeness (QED) is 0.763. The summed E-state index contributed by atoms with van der Waals surface area (Å²) in [4.78, 5) is 15.4. The fourth-order valence-electron chi connectivity index (χ4n) is 1.45. The van der Waals surface area contributed by atoms with Crippen LogP contribution in [0.4, 0.5) is 8.78 Å². The fourth-order valence-corrected chi connectivity index (χ4v) is 1.45. The third-order valence-corrected chi connectivity index (χ3v) is 2.32. The summed E-state index contributed by atoms with van der Waals surface area (Å²) in [6, 6.07) is 8.49. The van der Waals surface area contributed by atoms with Crippen molar-refractivity contribution in [3.63, 3.8) is 0 Å². The predicted molar refractivity (Wildman–Crippen MR) is 58.6 cm³/mol. The minimum atomic E-state index is -0.507. The molecule has 4 heteroatoms. The summed E-state index contributed by atoms with van der Waals surface area (Å²) in [6.45, 7) is 0. The van der Waals surface area contributed by atoms with Crippen LogP contribution in [0.25, 0.3) is 0 Å². The highest BCUT2D eigenvalue weighted by Crippen LogP contribution is 2.10. The van der Waals surface area contributed by atoms with Crippen LogP contribution in [0.2, 0.25) is 0 Å². The molecule has 1 aromatic heterocycles. The Labute approximate surface area is 96.9 Å². The molecule has 0 atom stereocenters. The first-order valence-corrected chi connectivity index (χ1v) is 5.05. The second kappa shape index (κ2) is 4.82. The van der Waals surface area contributed by atoms with Crippen molar-refractivity contribution in [2.75, 3.05) is 0 Å². The Kier molecular flexibility index (Phi) is 3.23. The summed E-state index contributed by atoms with van der Waals surface area (Å²) < 4.78 is 25.9. The average Bonchev–Trinajstić information content (AvgIpc) is 2.33. The second-order valence-electron chi connectivity index (χ2n) is 3.55. The Bertz CT molecular complexity index is 537. The number of aromatic nitrogens is 1. The van der Waals surface area contributed by atoms with Crippen LogP contribution in [-0.4, -0.2) is 10.8 Å². The van der Waals surface area contributed by atoms with Crippen LogP contribution < -0.4 is 0 Å². The Balaban J connectivity index is 2.17. The molecule has 0 unspecified atom stereocenters. The van der Waals surface area contributed by atoms with E-state index in [-0.39, 0.29) is 17.9 Å². The molecule has 0 fully saturated rings. The highest BCUT2D eigenvalue weighted by Gasteiger charge is 2.11. The Morgan fingerprint density at radius 1 is 1.12 bits per heavy atom. The Morgan fingerprint density at radius 3 is 2.53 bits per heavy atom. The van der Waals surface area contributed by atoms with E-state index in [1.54, 1.807) is 12.1 Å². The van der Waals surface area contributed by atoms with Gasteiger partial charge < -0.3 is 0 Å². The molecular weight excluding hydrogens is 224 g/mol. The van der Waals surface area contributed by atoms with Gasteiger partial charge in [-0.25, -0.2) is 8.78 Å². The van der Waals surface area contributed by atoms with Crippen molar-refractivity contribution in [1.29, 1.82) is 0 Å². The van der Waals surface area contributed by atoms with Crippen LogP contribution in [0.1, 0.15) is 16.1 Å². The number of Topliss-reactive ketones (excluding diaryl/α,β-unsaturated/α-hetero) is 1. The molecule has 0 spiro atoms. The van der Waals surface area contributed by atoms with Gasteiger partial charge in [-0.05, 0) is 23.8 Å². The minimum Gasteiger partial charge on any atom is -0.292 e. The number of nitrogens with zero attached hydrogens (tertiary/aromatic N) is 1. The molecule has 2 nitrogen and oxygen atoms in total. The van der Waals surface area contributed by atoms with Gasteiger partial charge >= 0.3 is 0 Å². The number of hydrogen-bond acceptors (Lipinski definition) is 2. The first kappa shape index (κ1) is 11.4. The van der Waals surface area contributed by atoms with Crippen LogP contribution in [0.5, 0.6) is 0 Å². The van der Waals surface area contributed by atoms with E-state index in [4.69, 9.17) is 0 Å². The smallest absolute Gasteiger partial charge is 0.185 e. The first-order valence-electron chi connectivity index (χ1n) is 5.05. The van der Waals surface area contributed by atoms with Crippen LogP contribution in [0, 0.1) is 11.6 Å². The summed E-state index contributed by atoms with van der Waals surface area (Å²) in [5, 5.41) is 0. The summed E-state index contributed by atoms with van der Waals surface area (Å²) in [7, 11) is 0. The molecule has 0 N–H and O–H groups in total. The number of benzene rings is 1. The van der Waals surface area contributed by atoms with E-state index in [9.17, 15) is 13.6 Å². The maximum atomic E-state index is 13.3. The zero-order valence-electron chi connectivity index (χ0n) is 8.86. The highest BCUT2D eigenvalue weighted by atomic mass is 19.1. The molecule has 0 amide bonds. The number of hydrogen-bond donors (Lipinski definition) is 0. The first-order chi connectivity index (χ1) is 8.16. The monoisotopic (exact) mass is 233 g/mol. The molecule has 0 aliphatic rings. The highest BCUT2D eigenvalue weighted by molar-refractivity contribution is 5.95. The lowest BCUT2D eigenvalue weighted by atomic mass is 10.1. The van der Waals surface area contributed by atoms with Gasteiger partial charge in [0.05, 0.1) is 6.20 Å². The second-order valence-corrected chi connectivity index (χ2v) is 3.55. The predicted octanol–water partition coefficient (Wildman–Crippen LogP) is 2.79. The van der Waals surface area contributed by atoms with E-state index in [2.05, 4.69) is 4.98 Å².